The van der Waals surface area contributed by atoms with Crippen LogP contribution in [0.1, 0.15) is 37.8 Å². The Kier molecular flexibility index (Phi) is 6.23. The molecule has 1 aliphatic rings. The van der Waals surface area contributed by atoms with Crippen molar-refractivity contribution in [3.05, 3.63) is 34.3 Å². The van der Waals surface area contributed by atoms with E-state index in [-0.39, 0.29) is 12.1 Å². The SMILES string of the molecule is CCC(N)C(c1ccccc1Br)N(C)C1CCN(C)CC1. The highest BCUT2D eigenvalue weighted by atomic mass is 79.9. The third-order valence-electron chi connectivity index (χ3n) is 4.80. The van der Waals surface area contributed by atoms with E-state index >= 15 is 0 Å². The van der Waals surface area contributed by atoms with Crippen molar-refractivity contribution in [1.82, 2.24) is 9.80 Å². The van der Waals surface area contributed by atoms with Crippen LogP contribution in [0.3, 0.4) is 0 Å². The lowest BCUT2D eigenvalue weighted by molar-refractivity contribution is 0.0932. The molecule has 1 aromatic rings. The summed E-state index contributed by atoms with van der Waals surface area (Å²) in [5.74, 6) is 0. The van der Waals surface area contributed by atoms with Crippen LogP contribution in [0.2, 0.25) is 0 Å². The summed E-state index contributed by atoms with van der Waals surface area (Å²) in [4.78, 5) is 4.93. The predicted octanol–water partition coefficient (Wildman–Crippen LogP) is 3.25. The molecule has 0 aromatic heterocycles. The number of benzene rings is 1. The van der Waals surface area contributed by atoms with Gasteiger partial charge in [0.05, 0.1) is 6.04 Å². The van der Waals surface area contributed by atoms with Gasteiger partial charge < -0.3 is 10.6 Å². The second-order valence-corrected chi connectivity index (χ2v) is 7.09. The number of piperidine rings is 1. The summed E-state index contributed by atoms with van der Waals surface area (Å²) in [6.07, 6.45) is 3.44. The Labute approximate surface area is 137 Å². The molecular weight excluding hydrogens is 326 g/mol. The molecule has 118 valence electrons. The van der Waals surface area contributed by atoms with Crippen LogP contribution < -0.4 is 5.73 Å². The van der Waals surface area contributed by atoms with Gasteiger partial charge in [0.25, 0.3) is 0 Å². The minimum Gasteiger partial charge on any atom is -0.326 e. The molecule has 0 saturated carbocycles. The Morgan fingerprint density at radius 2 is 1.95 bits per heavy atom. The molecule has 0 radical (unpaired) electrons. The highest BCUT2D eigenvalue weighted by molar-refractivity contribution is 9.10. The molecule has 1 fully saturated rings. The van der Waals surface area contributed by atoms with Gasteiger partial charge >= 0.3 is 0 Å². The summed E-state index contributed by atoms with van der Waals surface area (Å²) in [5.41, 5.74) is 7.79. The Morgan fingerprint density at radius 1 is 1.33 bits per heavy atom. The summed E-state index contributed by atoms with van der Waals surface area (Å²) < 4.78 is 1.17. The molecule has 0 bridgehead atoms. The molecule has 2 atom stereocenters. The molecule has 1 heterocycles. The number of halogens is 1. The standard InChI is InChI=1S/C17H28BrN3/c1-4-16(19)17(14-7-5-6-8-15(14)18)21(3)13-9-11-20(2)12-10-13/h5-8,13,16-17H,4,9-12,19H2,1-3H3. The Balaban J connectivity index is 2.22. The molecule has 3 nitrogen and oxygen atoms in total. The summed E-state index contributed by atoms with van der Waals surface area (Å²) in [5, 5.41) is 0. The van der Waals surface area contributed by atoms with Crippen LogP contribution in [0.5, 0.6) is 0 Å². The van der Waals surface area contributed by atoms with Gasteiger partial charge in [-0.25, -0.2) is 0 Å². The minimum atomic E-state index is 0.161. The molecule has 2 unspecified atom stereocenters. The van der Waals surface area contributed by atoms with Gasteiger partial charge in [-0.2, -0.15) is 0 Å². The van der Waals surface area contributed by atoms with Crippen LogP contribution in [0, 0.1) is 0 Å². The Bertz CT molecular complexity index is 443. The normalized spacial score (nSPS) is 20.7. The summed E-state index contributed by atoms with van der Waals surface area (Å²) in [6, 6.07) is 9.56. The molecule has 0 amide bonds. The lowest BCUT2D eigenvalue weighted by atomic mass is 9.93. The number of likely N-dealkylation sites (tertiary alicyclic amines) is 1. The maximum atomic E-state index is 6.48. The molecule has 0 aliphatic carbocycles. The molecule has 1 aliphatic heterocycles. The van der Waals surface area contributed by atoms with E-state index in [4.69, 9.17) is 5.73 Å². The number of hydrogen-bond donors (Lipinski definition) is 1. The van der Waals surface area contributed by atoms with Gasteiger partial charge in [0.2, 0.25) is 0 Å². The third-order valence-corrected chi connectivity index (χ3v) is 5.53. The van der Waals surface area contributed by atoms with Crippen molar-refractivity contribution in [3.8, 4) is 0 Å². The van der Waals surface area contributed by atoms with Crippen molar-refractivity contribution < 1.29 is 0 Å². The van der Waals surface area contributed by atoms with Crippen molar-refractivity contribution in [1.29, 1.82) is 0 Å². The maximum absolute atomic E-state index is 6.48. The second-order valence-electron chi connectivity index (χ2n) is 6.24. The fourth-order valence-corrected chi connectivity index (χ4v) is 3.84. The number of nitrogens with two attached hydrogens (primary N) is 1. The van der Waals surface area contributed by atoms with Crippen LogP contribution in [0.15, 0.2) is 28.7 Å². The van der Waals surface area contributed by atoms with Crippen LogP contribution in [0.25, 0.3) is 0 Å². The summed E-state index contributed by atoms with van der Waals surface area (Å²) >= 11 is 3.71. The van der Waals surface area contributed by atoms with Crippen LogP contribution in [-0.4, -0.2) is 49.1 Å². The Morgan fingerprint density at radius 3 is 2.52 bits per heavy atom. The number of rotatable bonds is 5. The molecule has 21 heavy (non-hydrogen) atoms. The number of hydrogen-bond acceptors (Lipinski definition) is 3. The van der Waals surface area contributed by atoms with Crippen LogP contribution >= 0.6 is 15.9 Å². The average Bonchev–Trinajstić information content (AvgIpc) is 2.49. The van der Waals surface area contributed by atoms with Crippen molar-refractivity contribution in [2.75, 3.05) is 27.2 Å². The lowest BCUT2D eigenvalue weighted by Gasteiger charge is -2.42. The van der Waals surface area contributed by atoms with Gasteiger partial charge in [0.1, 0.15) is 0 Å². The van der Waals surface area contributed by atoms with Gasteiger partial charge in [-0.1, -0.05) is 41.1 Å². The minimum absolute atomic E-state index is 0.161. The highest BCUT2D eigenvalue weighted by Crippen LogP contribution is 2.33. The second kappa shape index (κ2) is 7.73. The molecule has 2 N–H and O–H groups in total. The first-order valence-electron chi connectivity index (χ1n) is 7.95. The average molecular weight is 354 g/mol. The van der Waals surface area contributed by atoms with Crippen molar-refractivity contribution in [2.45, 2.75) is 44.3 Å². The van der Waals surface area contributed by atoms with Gasteiger partial charge in [0.15, 0.2) is 0 Å². The molecule has 2 rings (SSSR count). The van der Waals surface area contributed by atoms with E-state index in [9.17, 15) is 0 Å². The monoisotopic (exact) mass is 353 g/mol. The van der Waals surface area contributed by atoms with Crippen molar-refractivity contribution in [2.24, 2.45) is 5.73 Å². The predicted molar refractivity (Wildman–Crippen MR) is 93.4 cm³/mol. The van der Waals surface area contributed by atoms with E-state index < -0.39 is 0 Å². The van der Waals surface area contributed by atoms with Gasteiger partial charge in [-0.15, -0.1) is 0 Å². The topological polar surface area (TPSA) is 32.5 Å². The van der Waals surface area contributed by atoms with E-state index in [1.165, 1.54) is 36.0 Å². The molecular formula is C17H28BrN3. The largest absolute Gasteiger partial charge is 0.326 e. The van der Waals surface area contributed by atoms with E-state index in [2.05, 4.69) is 71.0 Å². The number of nitrogens with zero attached hydrogens (tertiary/aromatic N) is 2. The van der Waals surface area contributed by atoms with Crippen molar-refractivity contribution >= 4 is 15.9 Å². The zero-order valence-corrected chi connectivity index (χ0v) is 15.0. The zero-order chi connectivity index (χ0) is 15.4. The van der Waals surface area contributed by atoms with Gasteiger partial charge in [-0.3, -0.25) is 4.90 Å². The third kappa shape index (κ3) is 4.07. The van der Waals surface area contributed by atoms with E-state index in [0.717, 1.165) is 6.42 Å². The van der Waals surface area contributed by atoms with E-state index in [1.54, 1.807) is 0 Å². The fraction of sp³-hybridized carbons (Fsp3) is 0.647. The smallest absolute Gasteiger partial charge is 0.0510 e. The zero-order valence-electron chi connectivity index (χ0n) is 13.4. The first-order valence-corrected chi connectivity index (χ1v) is 8.74. The fourth-order valence-electron chi connectivity index (χ4n) is 3.32. The maximum Gasteiger partial charge on any atom is 0.0510 e. The Hall–Kier alpha value is -0.420. The first kappa shape index (κ1) is 16.9. The molecule has 4 heteroatoms. The highest BCUT2D eigenvalue weighted by Gasteiger charge is 2.31. The number of likely N-dealkylation sites (N-methyl/N-ethyl adjacent to an activating group) is 1. The van der Waals surface area contributed by atoms with E-state index in [0.29, 0.717) is 6.04 Å². The summed E-state index contributed by atoms with van der Waals surface area (Å²) in [7, 11) is 4.45. The van der Waals surface area contributed by atoms with Crippen LogP contribution in [-0.2, 0) is 0 Å². The van der Waals surface area contributed by atoms with Gasteiger partial charge in [0, 0.05) is 16.6 Å². The summed E-state index contributed by atoms with van der Waals surface area (Å²) in [6.45, 7) is 4.54. The van der Waals surface area contributed by atoms with Crippen molar-refractivity contribution in [3.63, 3.8) is 0 Å². The molecule has 0 spiro atoms. The quantitative estimate of drug-likeness (QED) is 0.881. The molecule has 1 saturated heterocycles. The molecule has 1 aromatic carbocycles. The lowest BCUT2D eigenvalue weighted by Crippen LogP contribution is -2.48. The van der Waals surface area contributed by atoms with Crippen LogP contribution in [0.4, 0.5) is 0 Å². The van der Waals surface area contributed by atoms with E-state index in [1.807, 2.05) is 0 Å². The first-order chi connectivity index (χ1) is 10.0. The van der Waals surface area contributed by atoms with Gasteiger partial charge in [-0.05, 0) is 58.1 Å².